The fraction of sp³-hybridized carbons (Fsp3) is 0.500. The lowest BCUT2D eigenvalue weighted by atomic mass is 9.92. The Morgan fingerprint density at radius 3 is 2.79 bits per heavy atom. The highest BCUT2D eigenvalue weighted by Crippen LogP contribution is 2.37. The van der Waals surface area contributed by atoms with Crippen LogP contribution in [0, 0.1) is 6.92 Å². The molecule has 1 aromatic carbocycles. The molecule has 29 heavy (non-hydrogen) atoms. The van der Waals surface area contributed by atoms with E-state index >= 15 is 0 Å². The van der Waals surface area contributed by atoms with Crippen LogP contribution in [0.4, 0.5) is 0 Å². The molecule has 1 atom stereocenters. The molecule has 0 radical (unpaired) electrons. The number of fused-ring (bicyclic) bond motifs is 1. The molecule has 1 aliphatic heterocycles. The summed E-state index contributed by atoms with van der Waals surface area (Å²) in [6.07, 6.45) is 5.57. The van der Waals surface area contributed by atoms with Crippen molar-refractivity contribution < 1.29 is 14.6 Å². The number of aldehydes is 1. The predicted octanol–water partition coefficient (Wildman–Crippen LogP) is 2.56. The Balaban J connectivity index is 1.68. The van der Waals surface area contributed by atoms with Crippen molar-refractivity contribution in [1.82, 2.24) is 15.2 Å². The van der Waals surface area contributed by atoms with Crippen molar-refractivity contribution in [2.75, 3.05) is 0 Å². The monoisotopic (exact) mass is 396 g/mol. The van der Waals surface area contributed by atoms with Gasteiger partial charge in [0.1, 0.15) is 12.3 Å². The number of aromatic hydroxyl groups is 1. The molecule has 2 aliphatic rings. The van der Waals surface area contributed by atoms with E-state index in [0.29, 0.717) is 24.5 Å². The Bertz CT molecular complexity index is 977. The number of benzene rings is 1. The third-order valence-electron chi connectivity index (χ3n) is 5.93. The zero-order chi connectivity index (χ0) is 20.5. The minimum Gasteiger partial charge on any atom is -0.507 e. The van der Waals surface area contributed by atoms with E-state index in [0.717, 1.165) is 55.3 Å². The molecule has 154 valence electrons. The van der Waals surface area contributed by atoms with Crippen molar-refractivity contribution in [2.24, 2.45) is 5.10 Å². The zero-order valence-electron chi connectivity index (χ0n) is 17.3. The SMILES string of the molecule is CCc1nn(CC2=NNC(C=O)O2)c(CC)c1Cc1cc(C)c(O)c2c1CCC2. The normalized spacial score (nSPS) is 17.6. The van der Waals surface area contributed by atoms with Gasteiger partial charge in [0.25, 0.3) is 0 Å². The van der Waals surface area contributed by atoms with Gasteiger partial charge in [0.05, 0.1) is 5.69 Å². The Hall–Kier alpha value is -2.83. The first-order valence-electron chi connectivity index (χ1n) is 10.4. The van der Waals surface area contributed by atoms with Gasteiger partial charge in [0, 0.05) is 17.7 Å². The maximum Gasteiger partial charge on any atom is 0.242 e. The van der Waals surface area contributed by atoms with Crippen LogP contribution in [0.15, 0.2) is 11.2 Å². The second-order valence-electron chi connectivity index (χ2n) is 7.73. The highest BCUT2D eigenvalue weighted by atomic mass is 16.5. The molecule has 0 fully saturated rings. The number of phenols is 1. The van der Waals surface area contributed by atoms with Crippen LogP contribution in [-0.4, -0.2) is 33.3 Å². The molecule has 0 saturated heterocycles. The van der Waals surface area contributed by atoms with Gasteiger partial charge in [0.15, 0.2) is 6.29 Å². The zero-order valence-corrected chi connectivity index (χ0v) is 17.3. The molecule has 1 unspecified atom stereocenters. The Labute approximate surface area is 170 Å². The molecule has 4 rings (SSSR count). The minimum absolute atomic E-state index is 0.403. The number of nitrogens with one attached hydrogen (secondary N) is 1. The van der Waals surface area contributed by atoms with E-state index in [2.05, 4.69) is 30.4 Å². The van der Waals surface area contributed by atoms with Crippen molar-refractivity contribution >= 4 is 12.2 Å². The van der Waals surface area contributed by atoms with E-state index in [9.17, 15) is 9.90 Å². The van der Waals surface area contributed by atoms with E-state index in [-0.39, 0.29) is 0 Å². The first kappa shape index (κ1) is 19.5. The summed E-state index contributed by atoms with van der Waals surface area (Å²) in [5.74, 6) is 0.937. The van der Waals surface area contributed by atoms with Gasteiger partial charge in [0.2, 0.25) is 12.1 Å². The van der Waals surface area contributed by atoms with Crippen LogP contribution in [0.2, 0.25) is 0 Å². The molecular weight excluding hydrogens is 368 g/mol. The summed E-state index contributed by atoms with van der Waals surface area (Å²) in [4.78, 5) is 10.9. The lowest BCUT2D eigenvalue weighted by Crippen LogP contribution is -2.24. The molecule has 0 saturated carbocycles. The molecule has 2 aromatic rings. The fourth-order valence-electron chi connectivity index (χ4n) is 4.56. The number of hydrogen-bond donors (Lipinski definition) is 2. The number of hydrogen-bond acceptors (Lipinski definition) is 6. The second kappa shape index (κ2) is 7.89. The summed E-state index contributed by atoms with van der Waals surface area (Å²) >= 11 is 0. The standard InChI is InChI=1S/C22H28N4O3/c1-4-18-17(10-14-9-13(3)22(28)16-8-6-7-15(14)16)19(5-2)26(25-18)11-20-23-24-21(12-27)29-20/h9,12,21,24,28H,4-8,10-11H2,1-3H3. The van der Waals surface area contributed by atoms with Gasteiger partial charge in [-0.05, 0) is 61.3 Å². The second-order valence-corrected chi connectivity index (χ2v) is 7.73. The van der Waals surface area contributed by atoms with Crippen molar-refractivity contribution in [3.8, 4) is 5.75 Å². The van der Waals surface area contributed by atoms with E-state index in [1.807, 2.05) is 11.6 Å². The highest BCUT2D eigenvalue weighted by molar-refractivity contribution is 5.79. The average molecular weight is 396 g/mol. The minimum atomic E-state index is -0.710. The topological polar surface area (TPSA) is 88.7 Å². The molecular formula is C22H28N4O3. The first-order valence-corrected chi connectivity index (χ1v) is 10.4. The molecule has 1 aromatic heterocycles. The Morgan fingerprint density at radius 2 is 2.10 bits per heavy atom. The number of nitrogens with zero attached hydrogens (tertiary/aromatic N) is 3. The van der Waals surface area contributed by atoms with Gasteiger partial charge in [-0.2, -0.15) is 5.10 Å². The molecule has 0 amide bonds. The molecule has 7 nitrogen and oxygen atoms in total. The van der Waals surface area contributed by atoms with Crippen molar-refractivity contribution in [1.29, 1.82) is 0 Å². The summed E-state index contributed by atoms with van der Waals surface area (Å²) in [6, 6.07) is 2.14. The summed E-state index contributed by atoms with van der Waals surface area (Å²) in [7, 11) is 0. The van der Waals surface area contributed by atoms with Gasteiger partial charge in [-0.25, -0.2) is 0 Å². The third-order valence-corrected chi connectivity index (χ3v) is 5.93. The molecule has 0 bridgehead atoms. The van der Waals surface area contributed by atoms with Crippen molar-refractivity contribution in [3.63, 3.8) is 0 Å². The van der Waals surface area contributed by atoms with Gasteiger partial charge in [-0.1, -0.05) is 19.9 Å². The van der Waals surface area contributed by atoms with Crippen LogP contribution in [0.25, 0.3) is 0 Å². The number of aryl methyl sites for hydroxylation is 2. The van der Waals surface area contributed by atoms with Crippen molar-refractivity contribution in [3.05, 3.63) is 45.3 Å². The Morgan fingerprint density at radius 1 is 1.31 bits per heavy atom. The van der Waals surface area contributed by atoms with E-state index in [4.69, 9.17) is 9.84 Å². The summed E-state index contributed by atoms with van der Waals surface area (Å²) in [5.41, 5.74) is 10.9. The number of hydrazone groups is 1. The lowest BCUT2D eigenvalue weighted by Gasteiger charge is -2.14. The molecule has 0 spiro atoms. The molecule has 2 heterocycles. The molecule has 2 N–H and O–H groups in total. The van der Waals surface area contributed by atoms with Crippen molar-refractivity contribution in [2.45, 2.75) is 72.1 Å². The average Bonchev–Trinajstić information content (AvgIpc) is 3.44. The van der Waals surface area contributed by atoms with Crippen LogP contribution in [0.5, 0.6) is 5.75 Å². The summed E-state index contributed by atoms with van der Waals surface area (Å²) in [5, 5.41) is 19.4. The summed E-state index contributed by atoms with van der Waals surface area (Å²) < 4.78 is 7.44. The number of carbonyl (C=O) groups is 1. The van der Waals surface area contributed by atoms with Crippen LogP contribution in [-0.2, 0) is 48.2 Å². The fourth-order valence-corrected chi connectivity index (χ4v) is 4.56. The van der Waals surface area contributed by atoms with Gasteiger partial charge in [-0.3, -0.25) is 14.9 Å². The van der Waals surface area contributed by atoms with Crippen LogP contribution in [0.3, 0.4) is 0 Å². The van der Waals surface area contributed by atoms with Gasteiger partial charge in [-0.15, -0.1) is 5.10 Å². The number of phenolic OH excluding ortho intramolecular Hbond substituents is 1. The summed E-state index contributed by atoms with van der Waals surface area (Å²) in [6.45, 7) is 6.64. The first-order chi connectivity index (χ1) is 14.0. The maximum absolute atomic E-state index is 10.9. The van der Waals surface area contributed by atoms with Crippen LogP contribution in [0.1, 0.15) is 59.5 Å². The molecule has 7 heteroatoms. The van der Waals surface area contributed by atoms with Gasteiger partial charge < -0.3 is 9.84 Å². The number of ether oxygens (including phenoxy) is 1. The number of aromatic nitrogens is 2. The van der Waals surface area contributed by atoms with Crippen LogP contribution < -0.4 is 5.43 Å². The number of carbonyl (C=O) groups excluding carboxylic acids is 1. The maximum atomic E-state index is 10.9. The van der Waals surface area contributed by atoms with Crippen LogP contribution >= 0.6 is 0 Å². The number of rotatable bonds is 7. The van der Waals surface area contributed by atoms with E-state index < -0.39 is 6.23 Å². The highest BCUT2D eigenvalue weighted by Gasteiger charge is 2.25. The van der Waals surface area contributed by atoms with Gasteiger partial charge >= 0.3 is 0 Å². The smallest absolute Gasteiger partial charge is 0.242 e. The third kappa shape index (κ3) is 3.50. The quantitative estimate of drug-likeness (QED) is 0.702. The lowest BCUT2D eigenvalue weighted by molar-refractivity contribution is -0.114. The largest absolute Gasteiger partial charge is 0.507 e. The van der Waals surface area contributed by atoms with E-state index in [1.165, 1.54) is 22.4 Å². The van der Waals surface area contributed by atoms with E-state index in [1.54, 1.807) is 0 Å². The Kier molecular flexibility index (Phi) is 5.30. The molecule has 1 aliphatic carbocycles. The predicted molar refractivity (Wildman–Crippen MR) is 110 cm³/mol.